The molecule has 1 heterocycles. The lowest BCUT2D eigenvalue weighted by atomic mass is 10.2. The maximum absolute atomic E-state index is 5.30. The lowest BCUT2D eigenvalue weighted by Crippen LogP contribution is -1.92. The molecule has 0 atom stereocenters. The molecule has 2 N–H and O–H groups in total. The van der Waals surface area contributed by atoms with Crippen LogP contribution in [0.15, 0.2) is 34.9 Å². The van der Waals surface area contributed by atoms with Crippen LogP contribution in [0.5, 0.6) is 0 Å². The maximum Gasteiger partial charge on any atom is 0.135 e. The zero-order chi connectivity index (χ0) is 9.10. The van der Waals surface area contributed by atoms with Crippen LogP contribution in [0.3, 0.4) is 0 Å². The topological polar surface area (TPSA) is 39.2 Å². The molecule has 0 aliphatic carbocycles. The summed E-state index contributed by atoms with van der Waals surface area (Å²) >= 11 is 0. The van der Waals surface area contributed by atoms with E-state index in [-0.39, 0.29) is 0 Å². The van der Waals surface area contributed by atoms with Crippen LogP contribution in [0.2, 0.25) is 0 Å². The number of hydrogen-bond donors (Lipinski definition) is 1. The highest BCUT2D eigenvalue weighted by molar-refractivity contribution is 5.83. The molecule has 2 heteroatoms. The van der Waals surface area contributed by atoms with E-state index in [9.17, 15) is 0 Å². The first kappa shape index (κ1) is 7.90. The third-order valence-corrected chi connectivity index (χ3v) is 1.81. The van der Waals surface area contributed by atoms with E-state index in [4.69, 9.17) is 10.2 Å². The Morgan fingerprint density at radius 3 is 3.00 bits per heavy atom. The average Bonchev–Trinajstić information content (AvgIpc) is 2.58. The quantitative estimate of drug-likeness (QED) is 0.613. The minimum absolute atomic E-state index is 0.375. The Labute approximate surface area is 76.3 Å². The standard InChI is InChI=1S/C11H9NO/c12-7-3-4-9-8-13-11-6-2-1-5-10(9)11/h1-2,5-6,8H,7,12H2. The largest absolute Gasteiger partial charge is 0.463 e. The minimum atomic E-state index is 0.375. The van der Waals surface area contributed by atoms with E-state index in [0.717, 1.165) is 16.5 Å². The maximum atomic E-state index is 5.30. The van der Waals surface area contributed by atoms with Gasteiger partial charge in [0.25, 0.3) is 0 Å². The second kappa shape index (κ2) is 3.34. The molecule has 0 radical (unpaired) electrons. The molecular formula is C11H9NO. The first-order valence-electron chi connectivity index (χ1n) is 4.07. The molecular weight excluding hydrogens is 162 g/mol. The Balaban J connectivity index is 2.58. The summed E-state index contributed by atoms with van der Waals surface area (Å²) in [5, 5.41) is 1.04. The molecule has 0 saturated heterocycles. The number of furan rings is 1. The van der Waals surface area contributed by atoms with E-state index in [0.29, 0.717) is 6.54 Å². The van der Waals surface area contributed by atoms with Crippen molar-refractivity contribution in [1.29, 1.82) is 0 Å². The fourth-order valence-electron chi connectivity index (χ4n) is 1.22. The van der Waals surface area contributed by atoms with Crippen molar-refractivity contribution in [3.63, 3.8) is 0 Å². The highest BCUT2D eigenvalue weighted by atomic mass is 16.3. The van der Waals surface area contributed by atoms with Gasteiger partial charge in [-0.1, -0.05) is 24.0 Å². The van der Waals surface area contributed by atoms with Gasteiger partial charge in [-0.15, -0.1) is 0 Å². The molecule has 2 nitrogen and oxygen atoms in total. The minimum Gasteiger partial charge on any atom is -0.463 e. The third-order valence-electron chi connectivity index (χ3n) is 1.81. The van der Waals surface area contributed by atoms with E-state index >= 15 is 0 Å². The van der Waals surface area contributed by atoms with Crippen LogP contribution in [-0.4, -0.2) is 6.54 Å². The highest BCUT2D eigenvalue weighted by Gasteiger charge is 2.00. The molecule has 1 aromatic heterocycles. The van der Waals surface area contributed by atoms with Gasteiger partial charge in [0.2, 0.25) is 0 Å². The third kappa shape index (κ3) is 1.42. The van der Waals surface area contributed by atoms with Gasteiger partial charge in [0.1, 0.15) is 11.8 Å². The zero-order valence-electron chi connectivity index (χ0n) is 7.08. The van der Waals surface area contributed by atoms with Gasteiger partial charge in [0.05, 0.1) is 12.1 Å². The van der Waals surface area contributed by atoms with Gasteiger partial charge in [-0.3, -0.25) is 0 Å². The van der Waals surface area contributed by atoms with Crippen LogP contribution >= 0.6 is 0 Å². The molecule has 1 aromatic carbocycles. The Bertz CT molecular complexity index is 473. The average molecular weight is 171 g/mol. The molecule has 0 aliphatic rings. The summed E-state index contributed by atoms with van der Waals surface area (Å²) in [7, 11) is 0. The molecule has 0 fully saturated rings. The first-order valence-corrected chi connectivity index (χ1v) is 4.07. The molecule has 2 aromatic rings. The van der Waals surface area contributed by atoms with Crippen LogP contribution < -0.4 is 5.73 Å². The predicted octanol–water partition coefficient (Wildman–Crippen LogP) is 1.74. The van der Waals surface area contributed by atoms with Crippen molar-refractivity contribution in [1.82, 2.24) is 0 Å². The molecule has 0 amide bonds. The van der Waals surface area contributed by atoms with Gasteiger partial charge in [-0.05, 0) is 12.1 Å². The second-order valence-corrected chi connectivity index (χ2v) is 2.65. The molecule has 0 aliphatic heterocycles. The molecule has 0 unspecified atom stereocenters. The summed E-state index contributed by atoms with van der Waals surface area (Å²) in [6.07, 6.45) is 1.66. The predicted molar refractivity (Wildman–Crippen MR) is 52.1 cm³/mol. The molecule has 64 valence electrons. The zero-order valence-corrected chi connectivity index (χ0v) is 7.08. The van der Waals surface area contributed by atoms with Crippen molar-refractivity contribution >= 4 is 11.0 Å². The Kier molecular flexibility index (Phi) is 2.03. The van der Waals surface area contributed by atoms with E-state index in [1.165, 1.54) is 0 Å². The van der Waals surface area contributed by atoms with Gasteiger partial charge in [0.15, 0.2) is 0 Å². The molecule has 0 bridgehead atoms. The number of fused-ring (bicyclic) bond motifs is 1. The summed E-state index contributed by atoms with van der Waals surface area (Å²) in [4.78, 5) is 0. The van der Waals surface area contributed by atoms with Crippen molar-refractivity contribution in [2.24, 2.45) is 5.73 Å². The van der Waals surface area contributed by atoms with Gasteiger partial charge in [0, 0.05) is 5.39 Å². The fourth-order valence-corrected chi connectivity index (χ4v) is 1.22. The fraction of sp³-hybridized carbons (Fsp3) is 0.0909. The van der Waals surface area contributed by atoms with E-state index < -0.39 is 0 Å². The van der Waals surface area contributed by atoms with Crippen molar-refractivity contribution in [3.05, 3.63) is 36.1 Å². The van der Waals surface area contributed by atoms with Gasteiger partial charge >= 0.3 is 0 Å². The van der Waals surface area contributed by atoms with E-state index in [1.54, 1.807) is 6.26 Å². The van der Waals surface area contributed by atoms with Crippen molar-refractivity contribution < 1.29 is 4.42 Å². The van der Waals surface area contributed by atoms with E-state index in [1.807, 2.05) is 24.3 Å². The van der Waals surface area contributed by atoms with Crippen LogP contribution in [0.1, 0.15) is 5.56 Å². The van der Waals surface area contributed by atoms with Crippen molar-refractivity contribution in [2.45, 2.75) is 0 Å². The lowest BCUT2D eigenvalue weighted by molar-refractivity contribution is 0.615. The SMILES string of the molecule is NCC#Cc1coc2ccccc12. The monoisotopic (exact) mass is 171 g/mol. The number of nitrogens with two attached hydrogens (primary N) is 1. The summed E-state index contributed by atoms with van der Waals surface area (Å²) in [5.41, 5.74) is 7.05. The number of hydrogen-bond acceptors (Lipinski definition) is 2. The summed E-state index contributed by atoms with van der Waals surface area (Å²) in [6.45, 7) is 0.375. The molecule has 0 saturated carbocycles. The lowest BCUT2D eigenvalue weighted by Gasteiger charge is -1.85. The van der Waals surface area contributed by atoms with E-state index in [2.05, 4.69) is 11.8 Å². The van der Waals surface area contributed by atoms with Crippen LogP contribution in [-0.2, 0) is 0 Å². The first-order chi connectivity index (χ1) is 6.42. The normalized spacial score (nSPS) is 9.62. The molecule has 2 rings (SSSR count). The van der Waals surface area contributed by atoms with Gasteiger partial charge in [-0.2, -0.15) is 0 Å². The number of benzene rings is 1. The number of rotatable bonds is 0. The number of para-hydroxylation sites is 1. The highest BCUT2D eigenvalue weighted by Crippen LogP contribution is 2.19. The Hall–Kier alpha value is -1.72. The summed E-state index contributed by atoms with van der Waals surface area (Å²) in [5.74, 6) is 5.76. The van der Waals surface area contributed by atoms with Gasteiger partial charge in [-0.25, -0.2) is 0 Å². The van der Waals surface area contributed by atoms with Crippen molar-refractivity contribution in [3.8, 4) is 11.8 Å². The Morgan fingerprint density at radius 1 is 1.31 bits per heavy atom. The smallest absolute Gasteiger partial charge is 0.135 e. The van der Waals surface area contributed by atoms with Gasteiger partial charge < -0.3 is 10.2 Å². The van der Waals surface area contributed by atoms with Crippen LogP contribution in [0, 0.1) is 11.8 Å². The molecule has 0 spiro atoms. The second-order valence-electron chi connectivity index (χ2n) is 2.65. The van der Waals surface area contributed by atoms with Crippen molar-refractivity contribution in [2.75, 3.05) is 6.54 Å². The summed E-state index contributed by atoms with van der Waals surface area (Å²) < 4.78 is 5.30. The van der Waals surface area contributed by atoms with Crippen LogP contribution in [0.25, 0.3) is 11.0 Å². The molecule has 13 heavy (non-hydrogen) atoms. The summed E-state index contributed by atoms with van der Waals surface area (Å²) in [6, 6.07) is 7.81. The van der Waals surface area contributed by atoms with Crippen LogP contribution in [0.4, 0.5) is 0 Å². The Morgan fingerprint density at radius 2 is 2.15 bits per heavy atom.